The summed E-state index contributed by atoms with van der Waals surface area (Å²) in [7, 11) is -6.48. The Bertz CT molecular complexity index is 3610. The number of aromatic nitrogens is 6. The molecule has 0 spiro atoms. The number of rotatable bonds is 16. The third-order valence-electron chi connectivity index (χ3n) is 11.4. The Labute approximate surface area is 400 Å². The van der Waals surface area contributed by atoms with Crippen LogP contribution in [0.15, 0.2) is 144 Å². The van der Waals surface area contributed by atoms with Gasteiger partial charge in [0.05, 0.1) is 46.5 Å². The second-order valence-corrected chi connectivity index (χ2v) is 19.7. The number of H-pyrrole nitrogens is 3. The highest BCUT2D eigenvalue weighted by Gasteiger charge is 2.31. The molecule has 19 nitrogen and oxygen atoms in total. The van der Waals surface area contributed by atoms with Gasteiger partial charge in [-0.2, -0.15) is 16.8 Å². The maximum Gasteiger partial charge on any atom is 0.339 e. The first-order valence-corrected chi connectivity index (χ1v) is 24.9. The number of nitrogens with one attached hydrogen (secondary N) is 7. The van der Waals surface area contributed by atoms with Crippen molar-refractivity contribution >= 4 is 94.1 Å². The number of fused-ring (bicyclic) bond motifs is 3. The molecule has 2 aliphatic rings. The van der Waals surface area contributed by atoms with Gasteiger partial charge in [0.1, 0.15) is 27.0 Å². The molecule has 3 aromatic heterocycles. The Morgan fingerprint density at radius 1 is 0.571 bits per heavy atom. The van der Waals surface area contributed by atoms with Gasteiger partial charge in [-0.1, -0.05) is 12.1 Å². The molecule has 356 valence electrons. The van der Waals surface area contributed by atoms with E-state index in [1.54, 1.807) is 49.8 Å². The topological polar surface area (TPSA) is 264 Å². The first kappa shape index (κ1) is 45.4. The first-order valence-electron chi connectivity index (χ1n) is 22.1. The number of aromatic amines is 3. The molecule has 2 aliphatic carbocycles. The molecule has 0 bridgehead atoms. The molecular weight excluding hydrogens is 937 g/mol. The van der Waals surface area contributed by atoms with Crippen LogP contribution in [0, 0.1) is 11.8 Å². The number of imidazole rings is 3. The van der Waals surface area contributed by atoms with Crippen LogP contribution >= 0.6 is 0 Å². The van der Waals surface area contributed by atoms with Crippen LogP contribution in [0.5, 0.6) is 17.2 Å². The average Bonchev–Trinajstić information content (AvgIpc) is 4.27. The van der Waals surface area contributed by atoms with E-state index in [2.05, 4.69) is 51.2 Å². The maximum atomic E-state index is 12.8. The number of nitrogens with zero attached hydrogens (tertiary/aromatic N) is 3. The molecule has 6 aromatic carbocycles. The summed E-state index contributed by atoms with van der Waals surface area (Å²) < 4.78 is 67.0. The highest BCUT2D eigenvalue weighted by atomic mass is 32.2. The Kier molecular flexibility index (Phi) is 12.3. The van der Waals surface area contributed by atoms with Crippen molar-refractivity contribution in [1.29, 1.82) is 0 Å². The fourth-order valence-corrected chi connectivity index (χ4v) is 9.08. The minimum atomic E-state index is -4.06. The lowest BCUT2D eigenvalue weighted by Crippen LogP contribution is -2.14. The van der Waals surface area contributed by atoms with E-state index in [4.69, 9.17) is 13.1 Å². The summed E-state index contributed by atoms with van der Waals surface area (Å²) >= 11 is 0. The molecule has 0 aliphatic heterocycles. The minimum Gasteiger partial charge on any atom is -0.497 e. The first-order chi connectivity index (χ1) is 33.8. The normalized spacial score (nSPS) is 13.6. The third kappa shape index (κ3) is 10.8. The lowest BCUT2D eigenvalue weighted by molar-refractivity contribution is -0.118. The van der Waals surface area contributed by atoms with Gasteiger partial charge in [0.15, 0.2) is 0 Å². The molecule has 70 heavy (non-hydrogen) atoms. The fourth-order valence-electron chi connectivity index (χ4n) is 7.24. The van der Waals surface area contributed by atoms with E-state index in [-0.39, 0.29) is 44.9 Å². The molecule has 11 rings (SSSR count). The molecule has 2 amide bonds. The SMILES string of the molecule is COc1ccc(CNc2ccc(S(=O)(=O)Oc3ccc4[nH]c(NC(=O)C5CC5)nc4c3)cc2)cc1.O=C(Nc1nc2cc(OS(=O)(=O)c3ccc(Nc4ccc5[nH]cnc5c4)cc3)ccc2[nH]1)C1CC1. The second-order valence-electron chi connectivity index (χ2n) is 16.6. The summed E-state index contributed by atoms with van der Waals surface area (Å²) in [6, 6.07) is 35.4. The van der Waals surface area contributed by atoms with Crippen LogP contribution in [0.3, 0.4) is 0 Å². The lowest BCUT2D eigenvalue weighted by Gasteiger charge is -2.10. The number of ether oxygens (including phenoxy) is 1. The Morgan fingerprint density at radius 2 is 1.06 bits per heavy atom. The molecule has 0 atom stereocenters. The smallest absolute Gasteiger partial charge is 0.339 e. The van der Waals surface area contributed by atoms with Gasteiger partial charge in [-0.3, -0.25) is 20.2 Å². The third-order valence-corrected chi connectivity index (χ3v) is 13.9. The average molecular weight is 981 g/mol. The molecule has 3 heterocycles. The van der Waals surface area contributed by atoms with Gasteiger partial charge >= 0.3 is 20.2 Å². The van der Waals surface area contributed by atoms with Gasteiger partial charge in [0, 0.05) is 47.6 Å². The van der Waals surface area contributed by atoms with E-state index in [0.29, 0.717) is 40.5 Å². The summed E-state index contributed by atoms with van der Waals surface area (Å²) in [5.74, 6) is 1.67. The summed E-state index contributed by atoms with van der Waals surface area (Å²) in [6.07, 6.45) is 5.19. The van der Waals surface area contributed by atoms with Gasteiger partial charge in [0.2, 0.25) is 23.7 Å². The monoisotopic (exact) mass is 980 g/mol. The summed E-state index contributed by atoms with van der Waals surface area (Å²) in [6.45, 7) is 0.583. The molecule has 7 N–H and O–H groups in total. The van der Waals surface area contributed by atoms with Crippen molar-refractivity contribution in [3.8, 4) is 17.2 Å². The van der Waals surface area contributed by atoms with Crippen molar-refractivity contribution in [2.45, 2.75) is 42.0 Å². The molecule has 0 unspecified atom stereocenters. The largest absolute Gasteiger partial charge is 0.497 e. The van der Waals surface area contributed by atoms with Crippen molar-refractivity contribution < 1.29 is 39.5 Å². The minimum absolute atomic E-state index is 0.0188. The Morgan fingerprint density at radius 3 is 1.57 bits per heavy atom. The van der Waals surface area contributed by atoms with Crippen molar-refractivity contribution in [3.05, 3.63) is 139 Å². The van der Waals surface area contributed by atoms with Gasteiger partial charge in [-0.15, -0.1) is 0 Å². The summed E-state index contributed by atoms with van der Waals surface area (Å²) in [5.41, 5.74) is 7.44. The lowest BCUT2D eigenvalue weighted by atomic mass is 10.2. The van der Waals surface area contributed by atoms with Crippen LogP contribution in [0.2, 0.25) is 0 Å². The van der Waals surface area contributed by atoms with Crippen LogP contribution in [0.25, 0.3) is 33.1 Å². The van der Waals surface area contributed by atoms with Gasteiger partial charge in [0.25, 0.3) is 0 Å². The van der Waals surface area contributed by atoms with Crippen molar-refractivity contribution in [2.75, 3.05) is 28.4 Å². The zero-order chi connectivity index (χ0) is 48.4. The van der Waals surface area contributed by atoms with E-state index in [1.165, 1.54) is 48.5 Å². The van der Waals surface area contributed by atoms with Gasteiger partial charge in [-0.05, 0) is 134 Å². The number of carbonyl (C=O) groups excluding carboxylic acids is 2. The highest BCUT2D eigenvalue weighted by Crippen LogP contribution is 2.32. The molecule has 2 saturated carbocycles. The van der Waals surface area contributed by atoms with Crippen LogP contribution in [0.4, 0.5) is 29.0 Å². The quantitative estimate of drug-likeness (QED) is 0.0447. The molecule has 21 heteroatoms. The number of hydrogen-bond acceptors (Lipinski definition) is 14. The van der Waals surface area contributed by atoms with Crippen molar-refractivity contribution in [3.63, 3.8) is 0 Å². The second kappa shape index (κ2) is 18.9. The van der Waals surface area contributed by atoms with E-state index >= 15 is 0 Å². The highest BCUT2D eigenvalue weighted by molar-refractivity contribution is 7.87. The fraction of sp³-hybridized carbons (Fsp3) is 0.163. The predicted octanol–water partition coefficient (Wildman–Crippen LogP) is 8.60. The van der Waals surface area contributed by atoms with Crippen molar-refractivity contribution in [2.24, 2.45) is 11.8 Å². The molecule has 9 aromatic rings. The number of carbonyl (C=O) groups is 2. The number of amides is 2. The zero-order valence-electron chi connectivity index (χ0n) is 37.2. The van der Waals surface area contributed by atoms with Crippen molar-refractivity contribution in [1.82, 2.24) is 29.9 Å². The number of benzene rings is 6. The van der Waals surface area contributed by atoms with E-state index in [1.807, 2.05) is 42.5 Å². The maximum absolute atomic E-state index is 12.8. The molecule has 2 fully saturated rings. The van der Waals surface area contributed by atoms with E-state index < -0.39 is 20.2 Å². The number of hydrogen-bond donors (Lipinski definition) is 7. The summed E-state index contributed by atoms with van der Waals surface area (Å²) in [5, 5.41) is 12.0. The van der Waals surface area contributed by atoms with E-state index in [9.17, 15) is 26.4 Å². The molecular formula is C49H44N10O9S2. The van der Waals surface area contributed by atoms with Crippen LogP contribution in [-0.2, 0) is 36.4 Å². The summed E-state index contributed by atoms with van der Waals surface area (Å²) in [4.78, 5) is 45.9. The predicted molar refractivity (Wildman–Crippen MR) is 263 cm³/mol. The molecule has 0 radical (unpaired) electrons. The number of anilines is 5. The standard InChI is InChI=1S/C25H24N4O5S.C24H20N6O4S/c1-33-19-8-2-16(3-9-19)15-26-18-6-11-21(12-7-18)35(31,32)34-20-10-13-22-23(14-20)28-25(27-22)29-24(30)17-4-5-17;31-23(14-1-2-14)30-24-28-20-10-6-17(12-22(20)29-24)34-35(32,33)18-7-3-15(4-8-18)27-16-5-9-19-21(11-16)26-13-25-19/h2-3,6-14,17,26H,4-5,15H2,1H3,(H2,27,28,29,30);3-14,27H,1-2H2,(H,25,26)(H2,28,29,30,31). The van der Waals surface area contributed by atoms with E-state index in [0.717, 1.165) is 65.1 Å². The van der Waals surface area contributed by atoms with Crippen LogP contribution in [0.1, 0.15) is 31.2 Å². The Hall–Kier alpha value is -8.43. The Balaban J connectivity index is 0.000000162. The van der Waals surface area contributed by atoms with Crippen LogP contribution < -0.4 is 34.4 Å². The number of methoxy groups -OCH3 is 1. The molecule has 0 saturated heterocycles. The van der Waals surface area contributed by atoms with Gasteiger partial charge < -0.3 is 38.7 Å². The van der Waals surface area contributed by atoms with Crippen LogP contribution in [-0.4, -0.2) is 65.7 Å². The zero-order valence-corrected chi connectivity index (χ0v) is 38.9. The van der Waals surface area contributed by atoms with Gasteiger partial charge in [-0.25, -0.2) is 15.0 Å².